The molecular weight excluding hydrogens is 962 g/mol. The quantitative estimate of drug-likeness (QED) is 0.0718. The number of aliphatic carboxylic acids is 1. The normalized spacial score (nSPS) is 35.7. The number of anilines is 1. The Morgan fingerprint density at radius 2 is 1.53 bits per heavy atom. The molecule has 18 atom stereocenters. The molecule has 74 heavy (non-hydrogen) atoms. The van der Waals surface area contributed by atoms with Gasteiger partial charge in [0, 0.05) is 54.6 Å². The third-order valence-electron chi connectivity index (χ3n) is 16.9. The first-order valence-electron chi connectivity index (χ1n) is 26.7. The van der Waals surface area contributed by atoms with Crippen LogP contribution in [-0.4, -0.2) is 110 Å². The number of hydrogen-bond donors (Lipinski definition) is 5. The fourth-order valence-corrected chi connectivity index (χ4v) is 12.1. The van der Waals surface area contributed by atoms with Crippen LogP contribution in [0.3, 0.4) is 0 Å². The van der Waals surface area contributed by atoms with E-state index in [0.29, 0.717) is 69.2 Å². The van der Waals surface area contributed by atoms with Crippen LogP contribution >= 0.6 is 0 Å². The number of rotatable bonds is 15. The van der Waals surface area contributed by atoms with E-state index in [1.54, 1.807) is 55.5 Å². The van der Waals surface area contributed by atoms with E-state index in [1.807, 2.05) is 41.5 Å². The Morgan fingerprint density at radius 3 is 2.12 bits per heavy atom. The van der Waals surface area contributed by atoms with E-state index in [0.717, 1.165) is 6.42 Å². The van der Waals surface area contributed by atoms with Crippen LogP contribution in [0.2, 0.25) is 0 Å². The molecule has 5 heterocycles. The molecule has 17 heteroatoms. The summed E-state index contributed by atoms with van der Waals surface area (Å²) in [5.41, 5.74) is -0.929. The molecule has 0 saturated carbocycles. The molecule has 0 aromatic heterocycles. The molecule has 4 saturated heterocycles. The molecule has 0 aliphatic carbocycles. The van der Waals surface area contributed by atoms with Gasteiger partial charge in [-0.05, 0) is 132 Å². The van der Waals surface area contributed by atoms with Gasteiger partial charge in [-0.25, -0.2) is 4.79 Å². The average molecular weight is 1040 g/mol. The summed E-state index contributed by atoms with van der Waals surface area (Å²) in [6, 6.07) is 12.5. The zero-order valence-electron chi connectivity index (χ0n) is 45.7. The van der Waals surface area contributed by atoms with Crippen molar-refractivity contribution in [1.29, 1.82) is 0 Å². The van der Waals surface area contributed by atoms with Crippen molar-refractivity contribution in [3.05, 3.63) is 66.2 Å². The first-order chi connectivity index (χ1) is 34.4. The molecule has 5 aliphatic rings. The number of phenolic OH excluding ortho intramolecular Hbond substituents is 1. The second-order valence-electron chi connectivity index (χ2n) is 22.0. The first-order valence-corrected chi connectivity index (χ1v) is 26.7. The van der Waals surface area contributed by atoms with Crippen LogP contribution in [0.4, 0.5) is 5.69 Å². The predicted molar refractivity (Wildman–Crippen MR) is 270 cm³/mol. The minimum Gasteiger partial charge on any atom is -0.550 e. The molecule has 18 unspecified atom stereocenters. The molecule has 1 amide bonds. The zero-order valence-corrected chi connectivity index (χ0v) is 47.7. The van der Waals surface area contributed by atoms with Crippen LogP contribution in [0.15, 0.2) is 60.7 Å². The summed E-state index contributed by atoms with van der Waals surface area (Å²) in [6.45, 7) is 20.9. The van der Waals surface area contributed by atoms with E-state index in [9.17, 15) is 44.7 Å². The summed E-state index contributed by atoms with van der Waals surface area (Å²) in [5.74, 6) is -6.86. The number of carboxylic acid groups (broad SMARTS) is 1. The standard InChI is InChI=1S/C42H70O11.C15H13NO4.Na/c1-11-29(38(46)47)31-15-14-23(4)36(50-31)27(8)34(44)26(7)35(45)30(12-2)37-24(5)22-25(6)41(51-37)19-16-32(43)42(53-41)21-20-39(10,52-42)33-17-18-40(48,13-3)28(9)49-33;1-10(17)16-11-6-8-12(9-7-11)20-15(19)13-4-2-3-5-14(13)18;/h16,19,23-34,36-37,43-44,48H,11-15,17-18,20-22H2,1-10H3,(H,46,47);2-9,18H,1H3,(H,16,17);/q;;+1/p-1. The number of nitrogens with one attached hydrogen (secondary N) is 1. The number of amides is 1. The van der Waals surface area contributed by atoms with E-state index in [4.69, 9.17) is 28.4 Å². The van der Waals surface area contributed by atoms with E-state index >= 15 is 0 Å². The fourth-order valence-electron chi connectivity index (χ4n) is 12.1. The second-order valence-corrected chi connectivity index (χ2v) is 22.0. The van der Waals surface area contributed by atoms with Crippen molar-refractivity contribution in [2.45, 2.75) is 206 Å². The predicted octanol–water partition coefficient (Wildman–Crippen LogP) is 4.43. The summed E-state index contributed by atoms with van der Waals surface area (Å²) in [6.07, 6.45) is 5.22. The van der Waals surface area contributed by atoms with Gasteiger partial charge in [0.25, 0.3) is 0 Å². The van der Waals surface area contributed by atoms with Crippen molar-refractivity contribution in [1.82, 2.24) is 0 Å². The van der Waals surface area contributed by atoms with Crippen LogP contribution in [0, 0.1) is 41.4 Å². The Kier molecular flexibility index (Phi) is 21.2. The number of aliphatic hydroxyl groups excluding tert-OH is 2. The van der Waals surface area contributed by atoms with E-state index in [1.165, 1.54) is 19.1 Å². The summed E-state index contributed by atoms with van der Waals surface area (Å²) >= 11 is 0. The number of esters is 1. The first kappa shape index (κ1) is 61.6. The third kappa shape index (κ3) is 13.3. The Morgan fingerprint density at radius 1 is 0.865 bits per heavy atom. The number of para-hydroxylation sites is 1. The summed E-state index contributed by atoms with van der Waals surface area (Å²) in [7, 11) is 0. The van der Waals surface area contributed by atoms with Crippen LogP contribution in [0.5, 0.6) is 11.5 Å². The number of ether oxygens (including phenoxy) is 6. The van der Waals surface area contributed by atoms with Crippen molar-refractivity contribution >= 4 is 29.3 Å². The van der Waals surface area contributed by atoms with Gasteiger partial charge in [-0.2, -0.15) is 0 Å². The van der Waals surface area contributed by atoms with Crippen LogP contribution in [-0.2, 0) is 38.1 Å². The molecule has 0 bridgehead atoms. The van der Waals surface area contributed by atoms with Gasteiger partial charge < -0.3 is 64.1 Å². The Labute approximate surface area is 459 Å². The van der Waals surface area contributed by atoms with Crippen LogP contribution in [0.25, 0.3) is 0 Å². The van der Waals surface area contributed by atoms with Gasteiger partial charge in [0.05, 0.1) is 47.8 Å². The maximum absolute atomic E-state index is 14.4. The largest absolute Gasteiger partial charge is 1.00 e. The molecule has 16 nitrogen and oxygen atoms in total. The number of ketones is 1. The number of carbonyl (C=O) groups excluding carboxylic acids is 4. The van der Waals surface area contributed by atoms with Gasteiger partial charge in [0.1, 0.15) is 28.9 Å². The molecule has 5 aliphatic heterocycles. The van der Waals surface area contributed by atoms with Crippen molar-refractivity contribution in [2.24, 2.45) is 41.4 Å². The van der Waals surface area contributed by atoms with E-state index in [2.05, 4.69) is 26.1 Å². The summed E-state index contributed by atoms with van der Waals surface area (Å²) < 4.78 is 38.6. The maximum atomic E-state index is 14.4. The second kappa shape index (κ2) is 25.5. The SMILES string of the molecule is CC(=O)Nc1ccc(OC(=O)c2ccccc2O)cc1.CCC(C(=O)[O-])C1CCC(C)C(C(C)C(O)C(C)C(=O)C(CC)C2OC3(C=CC(O)C4(CCC(C)(C5CCC(O)(CC)C(C)O5)O4)O3)C(C)CC2C)O1.[Na+]. The van der Waals surface area contributed by atoms with Gasteiger partial charge in [-0.1, -0.05) is 67.5 Å². The third-order valence-corrected chi connectivity index (χ3v) is 16.9. The van der Waals surface area contributed by atoms with E-state index < -0.39 is 88.9 Å². The van der Waals surface area contributed by atoms with Gasteiger partial charge in [-0.3, -0.25) is 9.59 Å². The molecule has 4 fully saturated rings. The molecule has 2 spiro atoms. The topological polar surface area (TPSA) is 240 Å². The minimum absolute atomic E-state index is 0. The number of carboxylic acids is 1. The fraction of sp³-hybridized carbons (Fsp3) is 0.684. The Hall–Kier alpha value is -3.26. The number of hydrogen-bond acceptors (Lipinski definition) is 15. The number of aromatic hydroxyl groups is 1. The van der Waals surface area contributed by atoms with Crippen molar-refractivity contribution < 1.29 is 103 Å². The summed E-state index contributed by atoms with van der Waals surface area (Å²) in [5, 5.41) is 58.1. The van der Waals surface area contributed by atoms with Crippen molar-refractivity contribution in [2.75, 3.05) is 5.32 Å². The Balaban J connectivity index is 0.000000403. The molecule has 0 radical (unpaired) electrons. The number of carbonyl (C=O) groups is 4. The van der Waals surface area contributed by atoms with Gasteiger partial charge in [-0.15, -0.1) is 0 Å². The van der Waals surface area contributed by atoms with Gasteiger partial charge in [0.2, 0.25) is 11.7 Å². The molecule has 5 N–H and O–H groups in total. The maximum Gasteiger partial charge on any atom is 1.00 e. The molecule has 406 valence electrons. The molecule has 2 aromatic carbocycles. The zero-order chi connectivity index (χ0) is 53.8. The summed E-state index contributed by atoms with van der Waals surface area (Å²) in [4.78, 5) is 49.0. The minimum atomic E-state index is -1.37. The van der Waals surface area contributed by atoms with Crippen molar-refractivity contribution in [3.63, 3.8) is 0 Å². The molecular formula is C57H82NNaO15. The number of Topliss-reactive ketones (excluding diaryl/α,β-unsaturated/α-hetero) is 1. The Bertz CT molecular complexity index is 2260. The monoisotopic (exact) mass is 1040 g/mol. The number of aliphatic hydroxyl groups is 3. The number of phenols is 1. The molecule has 7 rings (SSSR count). The van der Waals surface area contributed by atoms with Gasteiger partial charge in [0.15, 0.2) is 5.79 Å². The van der Waals surface area contributed by atoms with E-state index in [-0.39, 0.29) is 82.5 Å². The molecule has 2 aromatic rings. The average Bonchev–Trinajstić information content (AvgIpc) is 3.70. The van der Waals surface area contributed by atoms with Gasteiger partial charge >= 0.3 is 35.5 Å². The number of benzene rings is 2. The van der Waals surface area contributed by atoms with Crippen LogP contribution < -0.4 is 44.7 Å². The van der Waals surface area contributed by atoms with Crippen LogP contribution in [0.1, 0.15) is 151 Å². The van der Waals surface area contributed by atoms with Crippen molar-refractivity contribution in [3.8, 4) is 11.5 Å². The smallest absolute Gasteiger partial charge is 0.550 e.